The molecule has 0 atom stereocenters. The molecule has 1 aromatic carbocycles. The maximum Gasteiger partial charge on any atom is 0.265 e. The molecule has 1 aromatic heterocycles. The Morgan fingerprint density at radius 3 is 2.80 bits per heavy atom. The Hall–Kier alpha value is -1.26. The molecule has 0 aliphatic rings. The number of nitrogen functional groups attached to an aromatic ring is 1. The summed E-state index contributed by atoms with van der Waals surface area (Å²) in [5.74, 6) is 0.560. The predicted molar refractivity (Wildman–Crippen MR) is 87.7 cm³/mol. The Morgan fingerprint density at radius 1 is 1.45 bits per heavy atom. The number of nitrogens with two attached hydrogens (primary N) is 1. The van der Waals surface area contributed by atoms with Crippen LogP contribution in [0.1, 0.15) is 29.9 Å². The summed E-state index contributed by atoms with van der Waals surface area (Å²) in [6.07, 6.45) is 0.985. The number of thiophene rings is 1. The minimum absolute atomic E-state index is 0.0135. The number of rotatable bonds is 4. The predicted octanol–water partition coefficient (Wildman–Crippen LogP) is 4.26. The molecule has 1 heterocycles. The molecular formula is C15H19ClN2OS. The molecule has 2 aromatic rings. The summed E-state index contributed by atoms with van der Waals surface area (Å²) >= 11 is 7.39. The molecule has 0 radical (unpaired) electrons. The summed E-state index contributed by atoms with van der Waals surface area (Å²) in [6.45, 7) is 5.03. The molecule has 0 aliphatic carbocycles. The van der Waals surface area contributed by atoms with Gasteiger partial charge in [0, 0.05) is 28.7 Å². The molecule has 20 heavy (non-hydrogen) atoms. The maximum atomic E-state index is 12.5. The Kier molecular flexibility index (Phi) is 4.55. The van der Waals surface area contributed by atoms with E-state index in [4.69, 9.17) is 17.3 Å². The summed E-state index contributed by atoms with van der Waals surface area (Å²) in [4.78, 5) is 14.8. The van der Waals surface area contributed by atoms with Crippen LogP contribution in [0.25, 0.3) is 10.1 Å². The molecule has 0 spiro atoms. The first-order valence-corrected chi connectivity index (χ1v) is 7.82. The summed E-state index contributed by atoms with van der Waals surface area (Å²) in [5, 5.41) is 1.56. The van der Waals surface area contributed by atoms with Crippen LogP contribution in [0.4, 0.5) is 5.69 Å². The van der Waals surface area contributed by atoms with Gasteiger partial charge >= 0.3 is 0 Å². The summed E-state index contributed by atoms with van der Waals surface area (Å²) in [5.41, 5.74) is 6.66. The lowest BCUT2D eigenvalue weighted by Crippen LogP contribution is -2.28. The SMILES string of the molecule is CC(C)CCN(C)C(=O)c1sc2cc(Cl)ccc2c1N. The van der Waals surface area contributed by atoms with Gasteiger partial charge in [-0.25, -0.2) is 0 Å². The molecule has 2 rings (SSSR count). The number of halogens is 1. The summed E-state index contributed by atoms with van der Waals surface area (Å²) < 4.78 is 0.954. The van der Waals surface area contributed by atoms with Crippen molar-refractivity contribution in [3.05, 3.63) is 28.1 Å². The third-order valence-corrected chi connectivity index (χ3v) is 4.66. The second kappa shape index (κ2) is 6.02. The Bertz CT molecular complexity index is 636. The first kappa shape index (κ1) is 15.1. The van der Waals surface area contributed by atoms with Gasteiger partial charge in [0.15, 0.2) is 0 Å². The lowest BCUT2D eigenvalue weighted by molar-refractivity contribution is 0.0795. The smallest absolute Gasteiger partial charge is 0.265 e. The van der Waals surface area contributed by atoms with Gasteiger partial charge in [0.25, 0.3) is 5.91 Å². The number of carbonyl (C=O) groups excluding carboxylic acids is 1. The monoisotopic (exact) mass is 310 g/mol. The molecule has 0 unspecified atom stereocenters. The van der Waals surface area contributed by atoms with Crippen molar-refractivity contribution in [3.8, 4) is 0 Å². The molecule has 1 amide bonds. The van der Waals surface area contributed by atoms with E-state index in [1.54, 1.807) is 11.0 Å². The van der Waals surface area contributed by atoms with Crippen LogP contribution in [0, 0.1) is 5.92 Å². The van der Waals surface area contributed by atoms with Gasteiger partial charge in [-0.3, -0.25) is 4.79 Å². The third kappa shape index (κ3) is 3.07. The number of benzene rings is 1. The van der Waals surface area contributed by atoms with Crippen LogP contribution in [0.2, 0.25) is 5.02 Å². The average Bonchev–Trinajstić information content (AvgIpc) is 2.71. The van der Waals surface area contributed by atoms with Crippen molar-refractivity contribution in [1.29, 1.82) is 0 Å². The fraction of sp³-hybridized carbons (Fsp3) is 0.400. The maximum absolute atomic E-state index is 12.5. The van der Waals surface area contributed by atoms with Gasteiger partial charge in [-0.05, 0) is 30.5 Å². The van der Waals surface area contributed by atoms with E-state index in [0.717, 1.165) is 23.1 Å². The van der Waals surface area contributed by atoms with Gasteiger partial charge in [0.1, 0.15) is 4.88 Å². The van der Waals surface area contributed by atoms with Gasteiger partial charge in [0.05, 0.1) is 5.69 Å². The van der Waals surface area contributed by atoms with E-state index < -0.39 is 0 Å². The molecule has 0 saturated carbocycles. The minimum atomic E-state index is -0.0135. The second-order valence-electron chi connectivity index (χ2n) is 5.39. The zero-order valence-electron chi connectivity index (χ0n) is 11.9. The van der Waals surface area contributed by atoms with Gasteiger partial charge in [-0.15, -0.1) is 11.3 Å². The van der Waals surface area contributed by atoms with Crippen LogP contribution in [-0.4, -0.2) is 24.4 Å². The van der Waals surface area contributed by atoms with Crippen molar-refractivity contribution in [2.45, 2.75) is 20.3 Å². The Balaban J connectivity index is 2.28. The molecule has 2 N–H and O–H groups in total. The summed E-state index contributed by atoms with van der Waals surface area (Å²) in [7, 11) is 1.82. The lowest BCUT2D eigenvalue weighted by atomic mass is 10.1. The van der Waals surface area contributed by atoms with Crippen molar-refractivity contribution in [2.24, 2.45) is 5.92 Å². The molecule has 3 nitrogen and oxygen atoms in total. The highest BCUT2D eigenvalue weighted by molar-refractivity contribution is 7.21. The molecule has 0 saturated heterocycles. The van der Waals surface area contributed by atoms with Crippen LogP contribution >= 0.6 is 22.9 Å². The molecule has 0 bridgehead atoms. The average molecular weight is 311 g/mol. The first-order chi connectivity index (χ1) is 9.40. The lowest BCUT2D eigenvalue weighted by Gasteiger charge is -2.17. The number of amides is 1. The van der Waals surface area contributed by atoms with Crippen molar-refractivity contribution in [1.82, 2.24) is 4.90 Å². The fourth-order valence-corrected chi connectivity index (χ4v) is 3.37. The van der Waals surface area contributed by atoms with Crippen molar-refractivity contribution in [2.75, 3.05) is 19.3 Å². The van der Waals surface area contributed by atoms with E-state index in [0.29, 0.717) is 21.5 Å². The normalized spacial score (nSPS) is 11.2. The van der Waals surface area contributed by atoms with E-state index in [2.05, 4.69) is 13.8 Å². The zero-order valence-corrected chi connectivity index (χ0v) is 13.5. The van der Waals surface area contributed by atoms with Crippen LogP contribution < -0.4 is 5.73 Å². The van der Waals surface area contributed by atoms with E-state index in [1.807, 2.05) is 19.2 Å². The molecule has 108 valence electrons. The number of anilines is 1. The van der Waals surface area contributed by atoms with Crippen LogP contribution in [0.15, 0.2) is 18.2 Å². The van der Waals surface area contributed by atoms with Crippen LogP contribution in [-0.2, 0) is 0 Å². The van der Waals surface area contributed by atoms with Gasteiger partial charge in [0.2, 0.25) is 0 Å². The largest absolute Gasteiger partial charge is 0.397 e. The Labute approximate surface area is 128 Å². The van der Waals surface area contributed by atoms with E-state index in [9.17, 15) is 4.79 Å². The van der Waals surface area contributed by atoms with Gasteiger partial charge < -0.3 is 10.6 Å². The van der Waals surface area contributed by atoms with Crippen molar-refractivity contribution >= 4 is 44.6 Å². The Morgan fingerprint density at radius 2 is 2.15 bits per heavy atom. The topological polar surface area (TPSA) is 46.3 Å². The van der Waals surface area contributed by atoms with Crippen molar-refractivity contribution < 1.29 is 4.79 Å². The minimum Gasteiger partial charge on any atom is -0.397 e. The number of fused-ring (bicyclic) bond motifs is 1. The quantitative estimate of drug-likeness (QED) is 0.917. The molecule has 0 fully saturated rings. The van der Waals surface area contributed by atoms with Crippen LogP contribution in [0.3, 0.4) is 0 Å². The van der Waals surface area contributed by atoms with Gasteiger partial charge in [-0.1, -0.05) is 25.4 Å². The first-order valence-electron chi connectivity index (χ1n) is 6.63. The molecular weight excluding hydrogens is 292 g/mol. The van der Waals surface area contributed by atoms with Crippen LogP contribution in [0.5, 0.6) is 0 Å². The van der Waals surface area contributed by atoms with E-state index >= 15 is 0 Å². The third-order valence-electron chi connectivity index (χ3n) is 3.27. The van der Waals surface area contributed by atoms with Gasteiger partial charge in [-0.2, -0.15) is 0 Å². The summed E-state index contributed by atoms with van der Waals surface area (Å²) in [6, 6.07) is 5.51. The second-order valence-corrected chi connectivity index (χ2v) is 6.88. The highest BCUT2D eigenvalue weighted by atomic mass is 35.5. The molecule has 5 heteroatoms. The zero-order chi connectivity index (χ0) is 14.9. The number of hydrogen-bond acceptors (Lipinski definition) is 3. The standard InChI is InChI=1S/C15H19ClN2OS/c1-9(2)6-7-18(3)15(19)14-13(17)11-5-4-10(16)8-12(11)20-14/h4-5,8-9H,6-7,17H2,1-3H3. The number of nitrogens with zero attached hydrogens (tertiary/aromatic N) is 1. The van der Waals surface area contributed by atoms with Crippen molar-refractivity contribution in [3.63, 3.8) is 0 Å². The highest BCUT2D eigenvalue weighted by Crippen LogP contribution is 2.35. The fourth-order valence-electron chi connectivity index (χ4n) is 1.98. The molecule has 0 aliphatic heterocycles. The number of carbonyl (C=O) groups is 1. The highest BCUT2D eigenvalue weighted by Gasteiger charge is 2.19. The number of hydrogen-bond donors (Lipinski definition) is 1. The van der Waals surface area contributed by atoms with E-state index in [-0.39, 0.29) is 5.91 Å². The van der Waals surface area contributed by atoms with E-state index in [1.165, 1.54) is 11.3 Å².